The van der Waals surface area contributed by atoms with Crippen molar-refractivity contribution in [3.63, 3.8) is 0 Å². The second-order valence-electron chi connectivity index (χ2n) is 4.71. The summed E-state index contributed by atoms with van der Waals surface area (Å²) in [6.07, 6.45) is 0. The summed E-state index contributed by atoms with van der Waals surface area (Å²) < 4.78 is 19.1. The molecule has 1 heterocycles. The second kappa shape index (κ2) is 5.22. The van der Waals surface area contributed by atoms with E-state index in [1.807, 2.05) is 19.1 Å². The van der Waals surface area contributed by atoms with Crippen LogP contribution < -0.4 is 5.73 Å². The minimum absolute atomic E-state index is 0.0757. The highest BCUT2D eigenvalue weighted by Crippen LogP contribution is 2.38. The van der Waals surface area contributed by atoms with Crippen molar-refractivity contribution in [1.29, 1.82) is 0 Å². The van der Waals surface area contributed by atoms with Gasteiger partial charge in [-0.25, -0.2) is 4.39 Å². The van der Waals surface area contributed by atoms with E-state index < -0.39 is 0 Å². The summed E-state index contributed by atoms with van der Waals surface area (Å²) >= 11 is 6.14. The summed E-state index contributed by atoms with van der Waals surface area (Å²) in [6.45, 7) is 1.90. The van der Waals surface area contributed by atoms with Gasteiger partial charge in [0, 0.05) is 16.1 Å². The van der Waals surface area contributed by atoms with Crippen molar-refractivity contribution in [1.82, 2.24) is 5.16 Å². The van der Waals surface area contributed by atoms with Gasteiger partial charge < -0.3 is 10.3 Å². The molecule has 0 fully saturated rings. The zero-order valence-electron chi connectivity index (χ0n) is 11.2. The van der Waals surface area contributed by atoms with Crippen molar-refractivity contribution in [3.05, 3.63) is 58.9 Å². The van der Waals surface area contributed by atoms with Crippen LogP contribution in [0, 0.1) is 12.7 Å². The SMILES string of the molecule is Cc1ccc(-c2noc(N)c2-c2ccccc2F)cc1Cl. The number of hydrogen-bond acceptors (Lipinski definition) is 3. The molecule has 5 heteroatoms. The van der Waals surface area contributed by atoms with Gasteiger partial charge in [0.1, 0.15) is 11.5 Å². The molecule has 21 heavy (non-hydrogen) atoms. The zero-order chi connectivity index (χ0) is 15.0. The number of hydrogen-bond donors (Lipinski definition) is 1. The standard InChI is InChI=1S/C16H12ClFN2O/c1-9-6-7-10(8-12(9)17)15-14(16(19)21-20-15)11-4-2-3-5-13(11)18/h2-8H,19H2,1H3. The third kappa shape index (κ3) is 2.38. The van der Waals surface area contributed by atoms with Gasteiger partial charge in [0.25, 0.3) is 0 Å². The van der Waals surface area contributed by atoms with E-state index in [1.165, 1.54) is 6.07 Å². The number of aromatic nitrogens is 1. The number of halogens is 2. The Kier molecular flexibility index (Phi) is 3.39. The van der Waals surface area contributed by atoms with Crippen LogP contribution in [0.1, 0.15) is 5.56 Å². The molecule has 3 aromatic rings. The number of nitrogens with zero attached hydrogens (tertiary/aromatic N) is 1. The summed E-state index contributed by atoms with van der Waals surface area (Å²) in [5, 5.41) is 4.55. The van der Waals surface area contributed by atoms with Gasteiger partial charge in [-0.2, -0.15) is 0 Å². The molecule has 3 nitrogen and oxygen atoms in total. The summed E-state index contributed by atoms with van der Waals surface area (Å²) in [5.41, 5.74) is 8.75. The smallest absolute Gasteiger partial charge is 0.230 e. The molecule has 0 unspecified atom stereocenters. The normalized spacial score (nSPS) is 10.8. The van der Waals surface area contributed by atoms with Gasteiger partial charge in [0.05, 0.1) is 5.56 Å². The fraction of sp³-hybridized carbons (Fsp3) is 0.0625. The molecule has 0 spiro atoms. The van der Waals surface area contributed by atoms with Crippen LogP contribution in [0.2, 0.25) is 5.02 Å². The molecule has 3 rings (SSSR count). The topological polar surface area (TPSA) is 52.0 Å². The molecule has 0 radical (unpaired) electrons. The first-order valence-electron chi connectivity index (χ1n) is 6.34. The van der Waals surface area contributed by atoms with E-state index in [0.29, 0.717) is 21.8 Å². The first kappa shape index (κ1) is 13.6. The predicted molar refractivity (Wildman–Crippen MR) is 81.5 cm³/mol. The summed E-state index contributed by atoms with van der Waals surface area (Å²) in [5.74, 6) is -0.307. The fourth-order valence-electron chi connectivity index (χ4n) is 2.16. The largest absolute Gasteiger partial charge is 0.367 e. The Balaban J connectivity index is 2.22. The molecule has 0 bridgehead atoms. The average Bonchev–Trinajstić information content (AvgIpc) is 2.84. The molecule has 106 valence electrons. The van der Waals surface area contributed by atoms with E-state index in [4.69, 9.17) is 21.9 Å². The van der Waals surface area contributed by atoms with Gasteiger partial charge in [-0.05, 0) is 24.6 Å². The Hall–Kier alpha value is -2.33. The molecule has 0 aliphatic rings. The van der Waals surface area contributed by atoms with Crippen LogP contribution in [0.25, 0.3) is 22.4 Å². The number of aryl methyl sites for hydroxylation is 1. The summed E-state index contributed by atoms with van der Waals surface area (Å²) in [7, 11) is 0. The second-order valence-corrected chi connectivity index (χ2v) is 5.12. The zero-order valence-corrected chi connectivity index (χ0v) is 12.0. The highest BCUT2D eigenvalue weighted by molar-refractivity contribution is 6.31. The molecule has 1 aromatic heterocycles. The number of rotatable bonds is 2. The first-order valence-corrected chi connectivity index (χ1v) is 6.72. The van der Waals surface area contributed by atoms with Crippen LogP contribution in [0.4, 0.5) is 10.3 Å². The number of benzene rings is 2. The lowest BCUT2D eigenvalue weighted by atomic mass is 10.00. The molecule has 0 amide bonds. The molecule has 0 saturated heterocycles. The van der Waals surface area contributed by atoms with Gasteiger partial charge in [-0.3, -0.25) is 0 Å². The van der Waals surface area contributed by atoms with Crippen LogP contribution in [-0.2, 0) is 0 Å². The van der Waals surface area contributed by atoms with Crippen LogP contribution in [0.15, 0.2) is 47.0 Å². The highest BCUT2D eigenvalue weighted by atomic mass is 35.5. The highest BCUT2D eigenvalue weighted by Gasteiger charge is 2.20. The van der Waals surface area contributed by atoms with Gasteiger partial charge in [-0.1, -0.05) is 47.1 Å². The number of nitrogens with two attached hydrogens (primary N) is 1. The molecule has 2 aromatic carbocycles. The van der Waals surface area contributed by atoms with Gasteiger partial charge in [-0.15, -0.1) is 0 Å². The van der Waals surface area contributed by atoms with E-state index in [0.717, 1.165) is 11.1 Å². The molecule has 0 aliphatic carbocycles. The maximum atomic E-state index is 14.0. The van der Waals surface area contributed by atoms with E-state index in [1.54, 1.807) is 24.3 Å². The molecule has 0 saturated carbocycles. The van der Waals surface area contributed by atoms with Crippen molar-refractivity contribution in [2.24, 2.45) is 0 Å². The molecule has 0 atom stereocenters. The van der Waals surface area contributed by atoms with Crippen LogP contribution in [-0.4, -0.2) is 5.16 Å². The number of anilines is 1. The van der Waals surface area contributed by atoms with Crippen LogP contribution in [0.3, 0.4) is 0 Å². The van der Waals surface area contributed by atoms with Crippen LogP contribution in [0.5, 0.6) is 0 Å². The lowest BCUT2D eigenvalue weighted by Crippen LogP contribution is -1.91. The van der Waals surface area contributed by atoms with Crippen molar-refractivity contribution in [2.75, 3.05) is 5.73 Å². The predicted octanol–water partition coefficient (Wildman–Crippen LogP) is 4.69. The fourth-order valence-corrected chi connectivity index (χ4v) is 2.34. The summed E-state index contributed by atoms with van der Waals surface area (Å²) in [6, 6.07) is 11.8. The van der Waals surface area contributed by atoms with Gasteiger partial charge in [0.2, 0.25) is 5.88 Å². The maximum Gasteiger partial charge on any atom is 0.230 e. The molecule has 2 N–H and O–H groups in total. The Morgan fingerprint density at radius 3 is 2.67 bits per heavy atom. The Morgan fingerprint density at radius 1 is 1.19 bits per heavy atom. The van der Waals surface area contributed by atoms with Gasteiger partial charge >= 0.3 is 0 Å². The number of nitrogen functional groups attached to an aromatic ring is 1. The summed E-state index contributed by atoms with van der Waals surface area (Å²) in [4.78, 5) is 0. The van der Waals surface area contributed by atoms with Crippen molar-refractivity contribution >= 4 is 17.5 Å². The average molecular weight is 303 g/mol. The quantitative estimate of drug-likeness (QED) is 0.747. The van der Waals surface area contributed by atoms with Crippen molar-refractivity contribution < 1.29 is 8.91 Å². The molecular formula is C16H12ClFN2O. The maximum absolute atomic E-state index is 14.0. The molecular weight excluding hydrogens is 291 g/mol. The minimum atomic E-state index is -0.383. The van der Waals surface area contributed by atoms with Crippen LogP contribution >= 0.6 is 11.6 Å². The van der Waals surface area contributed by atoms with Crippen molar-refractivity contribution in [3.8, 4) is 22.4 Å². The monoisotopic (exact) mass is 302 g/mol. The van der Waals surface area contributed by atoms with E-state index in [-0.39, 0.29) is 11.7 Å². The lowest BCUT2D eigenvalue weighted by Gasteiger charge is -2.05. The first-order chi connectivity index (χ1) is 10.1. The minimum Gasteiger partial charge on any atom is -0.367 e. The van der Waals surface area contributed by atoms with E-state index in [9.17, 15) is 4.39 Å². The lowest BCUT2D eigenvalue weighted by molar-refractivity contribution is 0.439. The Bertz CT molecular complexity index is 814. The third-order valence-corrected chi connectivity index (χ3v) is 3.71. The van der Waals surface area contributed by atoms with Gasteiger partial charge in [0.15, 0.2) is 0 Å². The third-order valence-electron chi connectivity index (χ3n) is 3.31. The Labute approximate surface area is 126 Å². The van der Waals surface area contributed by atoms with Crippen molar-refractivity contribution in [2.45, 2.75) is 6.92 Å². The van der Waals surface area contributed by atoms with E-state index >= 15 is 0 Å². The molecule has 0 aliphatic heterocycles. The van der Waals surface area contributed by atoms with E-state index in [2.05, 4.69) is 5.16 Å². The Morgan fingerprint density at radius 2 is 1.95 bits per heavy atom.